The van der Waals surface area contributed by atoms with E-state index in [2.05, 4.69) is 17.2 Å². The van der Waals surface area contributed by atoms with Gasteiger partial charge in [0.25, 0.3) is 0 Å². The van der Waals surface area contributed by atoms with Gasteiger partial charge in [0.1, 0.15) is 5.60 Å². The van der Waals surface area contributed by atoms with E-state index in [0.29, 0.717) is 13.0 Å². The van der Waals surface area contributed by atoms with Gasteiger partial charge in [0, 0.05) is 42.1 Å². The van der Waals surface area contributed by atoms with E-state index in [9.17, 15) is 29.4 Å². The number of fused-ring (bicyclic) bond motifs is 5. The normalized spacial score (nSPS) is 36.1. The Morgan fingerprint density at radius 3 is 2.75 bits per heavy atom. The lowest BCUT2D eigenvalue weighted by Gasteiger charge is -2.59. The minimum absolute atomic E-state index is 0.0125. The second-order valence-corrected chi connectivity index (χ2v) is 12.3. The molecule has 1 heterocycles. The first-order valence-electron chi connectivity index (χ1n) is 14.2. The maximum atomic E-state index is 13.4. The van der Waals surface area contributed by atoms with E-state index in [1.54, 1.807) is 30.6 Å². The van der Waals surface area contributed by atoms with Crippen molar-refractivity contribution in [2.24, 2.45) is 28.6 Å². The number of allylic oxidation sites excluding steroid dienone is 4. The first-order valence-corrected chi connectivity index (χ1v) is 14.2. The van der Waals surface area contributed by atoms with E-state index >= 15 is 0 Å². The van der Waals surface area contributed by atoms with Crippen molar-refractivity contribution >= 4 is 23.4 Å². The van der Waals surface area contributed by atoms with Gasteiger partial charge in [-0.15, -0.1) is 0 Å². The number of esters is 1. The van der Waals surface area contributed by atoms with Crippen LogP contribution in [0.4, 0.5) is 0 Å². The fraction of sp³-hybridized carbons (Fsp3) is 0.581. The molecule has 0 aliphatic heterocycles. The number of Topliss-reactive ketones (excluding diaryl/α,β-unsaturated/α-hetero) is 1. The van der Waals surface area contributed by atoms with E-state index < -0.39 is 40.9 Å². The highest BCUT2D eigenvalue weighted by Crippen LogP contribution is 2.67. The summed E-state index contributed by atoms with van der Waals surface area (Å²) >= 11 is 0. The van der Waals surface area contributed by atoms with Crippen LogP contribution >= 0.6 is 0 Å². The summed E-state index contributed by atoms with van der Waals surface area (Å²) in [6.07, 6.45) is 10.1. The summed E-state index contributed by atoms with van der Waals surface area (Å²) in [5.41, 5.74) is -1.13. The molecule has 1 aromatic rings. The summed E-state index contributed by atoms with van der Waals surface area (Å²) in [5, 5.41) is 25.9. The zero-order valence-corrected chi connectivity index (χ0v) is 23.1. The van der Waals surface area contributed by atoms with Crippen LogP contribution in [0.2, 0.25) is 0 Å². The molecule has 1 amide bonds. The molecule has 4 aliphatic carbocycles. The SMILES string of the molecule is C[C@]12C=CC(=O)C=C1CC[C@@H]1[C@@H]2[C@H](O)C[C@@]2(C)[C@H]1CC[C@@]2(O)C(=O)COC(=O)CCC(=O)NCc1cccnc1. The molecule has 0 saturated heterocycles. The third-order valence-corrected chi connectivity index (χ3v) is 10.2. The van der Waals surface area contributed by atoms with Crippen LogP contribution in [0, 0.1) is 28.6 Å². The second-order valence-electron chi connectivity index (χ2n) is 12.3. The molecular weight excluding hydrogens is 512 g/mol. The maximum absolute atomic E-state index is 13.4. The first-order chi connectivity index (χ1) is 19.0. The zero-order chi connectivity index (χ0) is 28.7. The molecule has 0 spiro atoms. The van der Waals surface area contributed by atoms with Gasteiger partial charge in [-0.3, -0.25) is 24.2 Å². The summed E-state index contributed by atoms with van der Waals surface area (Å²) < 4.78 is 5.20. The number of hydrogen-bond acceptors (Lipinski definition) is 8. The predicted octanol–water partition coefficient (Wildman–Crippen LogP) is 2.60. The molecule has 0 bridgehead atoms. The molecule has 214 valence electrons. The highest BCUT2D eigenvalue weighted by atomic mass is 16.5. The van der Waals surface area contributed by atoms with Crippen LogP contribution in [0.15, 0.2) is 48.3 Å². The standard InChI is InChI=1S/C31H38N2O7/c1-29-11-9-21(34)14-20(29)5-6-22-23-10-12-31(39,30(23,2)15-24(35)28(22)29)25(36)18-40-27(38)8-7-26(37)33-17-19-4-3-13-32-16-19/h3-4,9,11,13-14,16,22-24,28,35,39H,5-8,10,12,15,17-18H2,1-2H3,(H,33,37)/t22-,23-,24+,28+,29-,30-,31+/m0/s1. The fourth-order valence-corrected chi connectivity index (χ4v) is 8.13. The van der Waals surface area contributed by atoms with E-state index in [4.69, 9.17) is 4.74 Å². The quantitative estimate of drug-likeness (QED) is 0.419. The summed E-state index contributed by atoms with van der Waals surface area (Å²) in [7, 11) is 0. The molecule has 0 aromatic carbocycles. The largest absolute Gasteiger partial charge is 0.458 e. The minimum atomic E-state index is -1.72. The number of aliphatic hydroxyl groups is 2. The number of nitrogens with one attached hydrogen (secondary N) is 1. The van der Waals surface area contributed by atoms with Crippen molar-refractivity contribution in [3.63, 3.8) is 0 Å². The van der Waals surface area contributed by atoms with Crippen LogP contribution in [0.25, 0.3) is 0 Å². The Balaban J connectivity index is 1.18. The number of rotatable bonds is 8. The van der Waals surface area contributed by atoms with Crippen molar-refractivity contribution < 1.29 is 34.1 Å². The predicted molar refractivity (Wildman–Crippen MR) is 144 cm³/mol. The number of aromatic nitrogens is 1. The molecule has 9 nitrogen and oxygen atoms in total. The number of nitrogens with zero attached hydrogens (tertiary/aromatic N) is 1. The highest BCUT2D eigenvalue weighted by Gasteiger charge is 2.68. The molecule has 9 heteroatoms. The number of pyridine rings is 1. The Morgan fingerprint density at radius 1 is 1.20 bits per heavy atom. The average molecular weight is 551 g/mol. The van der Waals surface area contributed by atoms with E-state index in [-0.39, 0.29) is 55.1 Å². The molecule has 1 aromatic heterocycles. The summed E-state index contributed by atoms with van der Waals surface area (Å²) in [6.45, 7) is 3.68. The Labute approximate surface area is 234 Å². The van der Waals surface area contributed by atoms with Gasteiger partial charge >= 0.3 is 5.97 Å². The first kappa shape index (κ1) is 28.4. The number of amides is 1. The number of aliphatic hydroxyl groups excluding tert-OH is 1. The summed E-state index contributed by atoms with van der Waals surface area (Å²) in [6, 6.07) is 3.60. The number of ketones is 2. The molecule has 5 rings (SSSR count). The lowest BCUT2D eigenvalue weighted by molar-refractivity contribution is -0.181. The second kappa shape index (κ2) is 10.7. The van der Waals surface area contributed by atoms with E-state index in [0.717, 1.165) is 24.0 Å². The molecule has 0 radical (unpaired) electrons. The molecule has 0 unspecified atom stereocenters. The number of ether oxygens (including phenoxy) is 1. The van der Waals surface area contributed by atoms with Gasteiger partial charge in [-0.2, -0.15) is 0 Å². The number of carbonyl (C=O) groups excluding carboxylic acids is 4. The Hall–Kier alpha value is -3.17. The van der Waals surface area contributed by atoms with Crippen molar-refractivity contribution in [3.05, 3.63) is 53.9 Å². The van der Waals surface area contributed by atoms with Gasteiger partial charge in [-0.1, -0.05) is 31.6 Å². The lowest BCUT2D eigenvalue weighted by Crippen LogP contribution is -2.61. The third kappa shape index (κ3) is 4.83. The van der Waals surface area contributed by atoms with Gasteiger partial charge < -0.3 is 20.3 Å². The molecule has 3 N–H and O–H groups in total. The van der Waals surface area contributed by atoms with Gasteiger partial charge in [0.15, 0.2) is 12.4 Å². The van der Waals surface area contributed by atoms with Gasteiger partial charge in [0.2, 0.25) is 11.7 Å². The molecular formula is C31H38N2O7. The van der Waals surface area contributed by atoms with Crippen molar-refractivity contribution in [2.75, 3.05) is 6.61 Å². The van der Waals surface area contributed by atoms with Crippen LogP contribution in [0.5, 0.6) is 0 Å². The Kier molecular flexibility index (Phi) is 7.56. The maximum Gasteiger partial charge on any atom is 0.306 e. The highest BCUT2D eigenvalue weighted by molar-refractivity contribution is 6.01. The fourth-order valence-electron chi connectivity index (χ4n) is 8.13. The molecule has 4 aliphatic rings. The average Bonchev–Trinajstić information content (AvgIpc) is 3.20. The monoisotopic (exact) mass is 550 g/mol. The summed E-state index contributed by atoms with van der Waals surface area (Å²) in [4.78, 5) is 53.8. The van der Waals surface area contributed by atoms with Crippen molar-refractivity contribution in [1.29, 1.82) is 0 Å². The number of carbonyl (C=O) groups is 4. The van der Waals surface area contributed by atoms with Gasteiger partial charge in [0.05, 0.1) is 12.5 Å². The van der Waals surface area contributed by atoms with Crippen molar-refractivity contribution in [2.45, 2.75) is 77.0 Å². The smallest absolute Gasteiger partial charge is 0.306 e. The zero-order valence-electron chi connectivity index (χ0n) is 23.1. The van der Waals surface area contributed by atoms with Crippen LogP contribution in [0.3, 0.4) is 0 Å². The third-order valence-electron chi connectivity index (χ3n) is 10.2. The van der Waals surface area contributed by atoms with Crippen molar-refractivity contribution in [1.82, 2.24) is 10.3 Å². The van der Waals surface area contributed by atoms with Gasteiger partial charge in [-0.25, -0.2) is 0 Å². The minimum Gasteiger partial charge on any atom is -0.458 e. The van der Waals surface area contributed by atoms with Crippen LogP contribution in [-0.4, -0.2) is 57.0 Å². The van der Waals surface area contributed by atoms with Crippen LogP contribution in [0.1, 0.15) is 64.4 Å². The number of hydrogen-bond donors (Lipinski definition) is 3. The molecule has 3 saturated carbocycles. The lowest BCUT2D eigenvalue weighted by atomic mass is 9.46. The summed E-state index contributed by atoms with van der Waals surface area (Å²) in [5.74, 6) is -1.60. The Bertz CT molecular complexity index is 1260. The topological polar surface area (TPSA) is 143 Å². The van der Waals surface area contributed by atoms with Crippen LogP contribution < -0.4 is 5.32 Å². The molecule has 7 atom stereocenters. The van der Waals surface area contributed by atoms with Gasteiger partial charge in [-0.05, 0) is 67.7 Å². The van der Waals surface area contributed by atoms with E-state index in [1.165, 1.54) is 0 Å². The molecule has 3 fully saturated rings. The molecule has 40 heavy (non-hydrogen) atoms. The van der Waals surface area contributed by atoms with E-state index in [1.807, 2.05) is 19.1 Å². The van der Waals surface area contributed by atoms with Crippen molar-refractivity contribution in [3.8, 4) is 0 Å². The van der Waals surface area contributed by atoms with Crippen LogP contribution in [-0.2, 0) is 30.5 Å². The Morgan fingerprint density at radius 2 is 2.00 bits per heavy atom.